The number of nitrogens with zero attached hydrogens (tertiary/aromatic N) is 2. The van der Waals surface area contributed by atoms with Crippen LogP contribution < -0.4 is 5.32 Å². The molecular formula is C21H29N3O. The maximum Gasteiger partial charge on any atom is 0.120 e. The van der Waals surface area contributed by atoms with E-state index in [1.807, 2.05) is 30.5 Å². The van der Waals surface area contributed by atoms with Crippen LogP contribution in [-0.4, -0.2) is 34.1 Å². The number of piperidine rings is 1. The molecule has 4 nitrogen and oxygen atoms in total. The van der Waals surface area contributed by atoms with Crippen LogP contribution in [0.5, 0.6) is 5.75 Å². The van der Waals surface area contributed by atoms with Gasteiger partial charge in [0.15, 0.2) is 0 Å². The van der Waals surface area contributed by atoms with Crippen molar-refractivity contribution < 1.29 is 5.11 Å². The minimum Gasteiger partial charge on any atom is -0.508 e. The quantitative estimate of drug-likeness (QED) is 0.842. The van der Waals surface area contributed by atoms with E-state index in [9.17, 15) is 5.11 Å². The number of aromatic nitrogens is 1. The first-order valence-electron chi connectivity index (χ1n) is 9.33. The molecule has 1 aromatic heterocycles. The second-order valence-electron chi connectivity index (χ2n) is 7.11. The molecule has 1 saturated heterocycles. The number of benzene rings is 1. The summed E-state index contributed by atoms with van der Waals surface area (Å²) in [5.41, 5.74) is 2.15. The Labute approximate surface area is 150 Å². The van der Waals surface area contributed by atoms with Crippen molar-refractivity contribution in [3.63, 3.8) is 0 Å². The van der Waals surface area contributed by atoms with Gasteiger partial charge in [-0.05, 0) is 37.0 Å². The minimum absolute atomic E-state index is 0.205. The number of likely N-dealkylation sites (tertiary alicyclic amines) is 1. The second kappa shape index (κ2) is 8.45. The van der Waals surface area contributed by atoms with Crippen LogP contribution in [0, 0.1) is 5.92 Å². The Hall–Kier alpha value is -1.91. The number of nitrogens with one attached hydrogen (secondary N) is 1. The van der Waals surface area contributed by atoms with Crippen LogP contribution in [0.15, 0.2) is 48.7 Å². The SMILES string of the molecule is CC[C@H](N[C@H]1CCN(Cc2ccccn2)C[C@H]1C)c1ccccc1O. The molecule has 2 N–H and O–H groups in total. The summed E-state index contributed by atoms with van der Waals surface area (Å²) in [6, 6.07) is 14.5. The molecule has 0 amide bonds. The van der Waals surface area contributed by atoms with E-state index in [-0.39, 0.29) is 6.04 Å². The molecule has 1 fully saturated rings. The van der Waals surface area contributed by atoms with Crippen molar-refractivity contribution in [2.24, 2.45) is 5.92 Å². The zero-order valence-corrected chi connectivity index (χ0v) is 15.2. The maximum absolute atomic E-state index is 10.2. The van der Waals surface area contributed by atoms with E-state index < -0.39 is 0 Å². The fraction of sp³-hybridized carbons (Fsp3) is 0.476. The van der Waals surface area contributed by atoms with Crippen LogP contribution in [0.25, 0.3) is 0 Å². The van der Waals surface area contributed by atoms with Crippen molar-refractivity contribution in [1.29, 1.82) is 0 Å². The standard InChI is InChI=1S/C21H29N3O/c1-3-19(18-9-4-5-10-21(18)25)23-20-11-13-24(14-16(20)2)15-17-8-6-7-12-22-17/h4-10,12,16,19-20,23,25H,3,11,13-15H2,1-2H3/t16-,19+,20+/m1/s1. The maximum atomic E-state index is 10.2. The lowest BCUT2D eigenvalue weighted by Crippen LogP contribution is -2.48. The summed E-state index contributed by atoms with van der Waals surface area (Å²) >= 11 is 0. The first-order valence-corrected chi connectivity index (χ1v) is 9.33. The average Bonchev–Trinajstić information content (AvgIpc) is 2.63. The third-order valence-corrected chi connectivity index (χ3v) is 5.24. The van der Waals surface area contributed by atoms with Crippen molar-refractivity contribution >= 4 is 0 Å². The number of hydrogen-bond acceptors (Lipinski definition) is 4. The summed E-state index contributed by atoms with van der Waals surface area (Å²) in [5.74, 6) is 0.958. The monoisotopic (exact) mass is 339 g/mol. The lowest BCUT2D eigenvalue weighted by atomic mass is 9.91. The third kappa shape index (κ3) is 4.59. The highest BCUT2D eigenvalue weighted by molar-refractivity contribution is 5.34. The number of phenolic OH excluding ortho intramolecular Hbond substituents is 1. The van der Waals surface area contributed by atoms with E-state index in [0.29, 0.717) is 17.7 Å². The molecular weight excluding hydrogens is 310 g/mol. The van der Waals surface area contributed by atoms with E-state index in [4.69, 9.17) is 0 Å². The van der Waals surface area contributed by atoms with Crippen LogP contribution in [0.2, 0.25) is 0 Å². The lowest BCUT2D eigenvalue weighted by molar-refractivity contribution is 0.132. The van der Waals surface area contributed by atoms with Gasteiger partial charge in [-0.3, -0.25) is 9.88 Å². The Bertz CT molecular complexity index is 661. The molecule has 1 aliphatic rings. The molecule has 0 bridgehead atoms. The van der Waals surface area contributed by atoms with Crippen molar-refractivity contribution in [3.05, 3.63) is 59.9 Å². The van der Waals surface area contributed by atoms with E-state index in [1.54, 1.807) is 6.07 Å². The lowest BCUT2D eigenvalue weighted by Gasteiger charge is -2.39. The molecule has 3 rings (SSSR count). The molecule has 134 valence electrons. The molecule has 2 heterocycles. The molecule has 0 unspecified atom stereocenters. The molecule has 4 heteroatoms. The first kappa shape index (κ1) is 17.9. The Morgan fingerprint density at radius 1 is 1.24 bits per heavy atom. The van der Waals surface area contributed by atoms with Gasteiger partial charge in [0.1, 0.15) is 5.75 Å². The number of para-hydroxylation sites is 1. The molecule has 1 aromatic carbocycles. The number of aromatic hydroxyl groups is 1. The summed E-state index contributed by atoms with van der Waals surface area (Å²) in [4.78, 5) is 6.94. The van der Waals surface area contributed by atoms with Crippen LogP contribution >= 0.6 is 0 Å². The van der Waals surface area contributed by atoms with Gasteiger partial charge in [0.05, 0.1) is 5.69 Å². The fourth-order valence-electron chi connectivity index (χ4n) is 3.81. The number of phenols is 1. The topological polar surface area (TPSA) is 48.4 Å². The summed E-state index contributed by atoms with van der Waals surface area (Å²) in [7, 11) is 0. The summed E-state index contributed by atoms with van der Waals surface area (Å²) < 4.78 is 0. The zero-order chi connectivity index (χ0) is 17.6. The number of pyridine rings is 1. The van der Waals surface area contributed by atoms with Gasteiger partial charge in [-0.25, -0.2) is 0 Å². The van der Waals surface area contributed by atoms with Crippen molar-refractivity contribution in [2.45, 2.75) is 45.3 Å². The van der Waals surface area contributed by atoms with Gasteiger partial charge < -0.3 is 10.4 Å². The molecule has 25 heavy (non-hydrogen) atoms. The number of hydrogen-bond donors (Lipinski definition) is 2. The normalized spacial score (nSPS) is 22.6. The highest BCUT2D eigenvalue weighted by atomic mass is 16.3. The van der Waals surface area contributed by atoms with Gasteiger partial charge in [-0.2, -0.15) is 0 Å². The molecule has 0 saturated carbocycles. The van der Waals surface area contributed by atoms with E-state index in [2.05, 4.69) is 41.2 Å². The second-order valence-corrected chi connectivity index (χ2v) is 7.11. The van der Waals surface area contributed by atoms with Gasteiger partial charge in [-0.15, -0.1) is 0 Å². The van der Waals surface area contributed by atoms with E-state index >= 15 is 0 Å². The van der Waals surface area contributed by atoms with E-state index in [0.717, 1.165) is 43.7 Å². The minimum atomic E-state index is 0.205. The largest absolute Gasteiger partial charge is 0.508 e. The Morgan fingerprint density at radius 2 is 2.04 bits per heavy atom. The average molecular weight is 339 g/mol. The predicted octanol–water partition coefficient (Wildman–Crippen LogP) is 3.74. The fourth-order valence-corrected chi connectivity index (χ4v) is 3.81. The number of rotatable bonds is 6. The summed E-state index contributed by atoms with van der Waals surface area (Å²) in [6.45, 7) is 7.57. The van der Waals surface area contributed by atoms with Crippen molar-refractivity contribution in [3.8, 4) is 5.75 Å². The van der Waals surface area contributed by atoms with Gasteiger partial charge >= 0.3 is 0 Å². The molecule has 0 aliphatic carbocycles. The summed E-state index contributed by atoms with van der Waals surface area (Å²) in [5, 5.41) is 14.0. The Kier molecular flexibility index (Phi) is 6.05. The predicted molar refractivity (Wildman–Crippen MR) is 101 cm³/mol. The third-order valence-electron chi connectivity index (χ3n) is 5.24. The molecule has 0 spiro atoms. The van der Waals surface area contributed by atoms with Gasteiger partial charge in [0.25, 0.3) is 0 Å². The Morgan fingerprint density at radius 3 is 2.72 bits per heavy atom. The van der Waals surface area contributed by atoms with Crippen molar-refractivity contribution in [1.82, 2.24) is 15.2 Å². The molecule has 0 radical (unpaired) electrons. The zero-order valence-electron chi connectivity index (χ0n) is 15.2. The van der Waals surface area contributed by atoms with Crippen LogP contribution in [0.1, 0.15) is 44.0 Å². The van der Waals surface area contributed by atoms with Crippen LogP contribution in [0.3, 0.4) is 0 Å². The van der Waals surface area contributed by atoms with Crippen LogP contribution in [0.4, 0.5) is 0 Å². The molecule has 3 atom stereocenters. The molecule has 2 aromatic rings. The van der Waals surface area contributed by atoms with E-state index in [1.165, 1.54) is 0 Å². The van der Waals surface area contributed by atoms with Gasteiger partial charge in [0, 0.05) is 43.5 Å². The molecule has 1 aliphatic heterocycles. The smallest absolute Gasteiger partial charge is 0.120 e. The summed E-state index contributed by atoms with van der Waals surface area (Å²) in [6.07, 6.45) is 3.96. The van der Waals surface area contributed by atoms with Crippen LogP contribution in [-0.2, 0) is 6.54 Å². The van der Waals surface area contributed by atoms with Gasteiger partial charge in [0.2, 0.25) is 0 Å². The highest BCUT2D eigenvalue weighted by Gasteiger charge is 2.28. The van der Waals surface area contributed by atoms with Crippen molar-refractivity contribution in [2.75, 3.05) is 13.1 Å². The highest BCUT2D eigenvalue weighted by Crippen LogP contribution is 2.28. The van der Waals surface area contributed by atoms with Gasteiger partial charge in [-0.1, -0.05) is 38.1 Å². The Balaban J connectivity index is 1.58. The first-order chi connectivity index (χ1) is 12.2.